The van der Waals surface area contributed by atoms with Crippen LogP contribution in [0.3, 0.4) is 0 Å². The molecule has 0 bridgehead atoms. The lowest BCUT2D eigenvalue weighted by Crippen LogP contribution is -2.14. The van der Waals surface area contributed by atoms with E-state index < -0.39 is 15.7 Å². The molecule has 0 aliphatic rings. The van der Waals surface area contributed by atoms with Crippen LogP contribution in [-0.2, 0) is 9.84 Å². The fourth-order valence-electron chi connectivity index (χ4n) is 1.58. The Bertz CT molecular complexity index is 720. The molecule has 100 valence electrons. The maximum atomic E-state index is 12.0. The second-order valence-electron chi connectivity index (χ2n) is 3.93. The minimum absolute atomic E-state index is 0.0819. The summed E-state index contributed by atoms with van der Waals surface area (Å²) in [4.78, 5) is 12.4. The van der Waals surface area contributed by atoms with Crippen LogP contribution < -0.4 is 11.1 Å². The first-order valence-electron chi connectivity index (χ1n) is 5.33. The van der Waals surface area contributed by atoms with Crippen LogP contribution in [0.5, 0.6) is 0 Å². The van der Waals surface area contributed by atoms with Crippen molar-refractivity contribution < 1.29 is 13.2 Å². The van der Waals surface area contributed by atoms with Crippen molar-refractivity contribution in [1.82, 2.24) is 0 Å². The van der Waals surface area contributed by atoms with E-state index in [4.69, 9.17) is 5.73 Å². The van der Waals surface area contributed by atoms with E-state index in [1.54, 1.807) is 23.6 Å². The van der Waals surface area contributed by atoms with Crippen molar-refractivity contribution in [3.8, 4) is 0 Å². The topological polar surface area (TPSA) is 89.3 Å². The fourth-order valence-corrected chi connectivity index (χ4v) is 3.13. The summed E-state index contributed by atoms with van der Waals surface area (Å²) >= 11 is 1.20. The number of carbonyl (C=O) groups excluding carboxylic acids is 1. The largest absolute Gasteiger partial charge is 0.397 e. The minimum Gasteiger partial charge on any atom is -0.397 e. The summed E-state index contributed by atoms with van der Waals surface area (Å²) in [7, 11) is -3.40. The van der Waals surface area contributed by atoms with Crippen LogP contribution in [-0.4, -0.2) is 20.6 Å². The number of sulfone groups is 1. The van der Waals surface area contributed by atoms with Crippen molar-refractivity contribution in [2.45, 2.75) is 4.90 Å². The lowest BCUT2D eigenvalue weighted by atomic mass is 10.3. The van der Waals surface area contributed by atoms with Gasteiger partial charge in [0.15, 0.2) is 9.84 Å². The van der Waals surface area contributed by atoms with Crippen LogP contribution in [0, 0.1) is 0 Å². The Morgan fingerprint density at radius 1 is 1.26 bits per heavy atom. The zero-order valence-electron chi connectivity index (χ0n) is 10.1. The molecule has 3 N–H and O–H groups in total. The van der Waals surface area contributed by atoms with E-state index in [1.807, 2.05) is 0 Å². The number of hydrogen-bond acceptors (Lipinski definition) is 5. The number of amides is 1. The predicted molar refractivity (Wildman–Crippen MR) is 76.2 cm³/mol. The van der Waals surface area contributed by atoms with Crippen molar-refractivity contribution in [1.29, 1.82) is 0 Å². The van der Waals surface area contributed by atoms with E-state index in [0.717, 1.165) is 6.26 Å². The second-order valence-corrected chi connectivity index (χ2v) is 6.83. The Morgan fingerprint density at radius 3 is 2.53 bits per heavy atom. The number of carbonyl (C=O) groups is 1. The van der Waals surface area contributed by atoms with Crippen LogP contribution >= 0.6 is 11.3 Å². The smallest absolute Gasteiger partial charge is 0.267 e. The molecule has 1 aromatic carbocycles. The molecule has 2 rings (SSSR count). The summed E-state index contributed by atoms with van der Waals surface area (Å²) < 4.78 is 23.2. The van der Waals surface area contributed by atoms with E-state index >= 15 is 0 Å². The first-order valence-corrected chi connectivity index (χ1v) is 8.10. The summed E-state index contributed by atoms with van der Waals surface area (Å²) in [5, 5.41) is 4.27. The molecule has 1 heterocycles. The Hall–Kier alpha value is -1.86. The summed E-state index contributed by atoms with van der Waals surface area (Å²) in [5.74, 6) is -0.413. The number of nitrogens with two attached hydrogens (primary N) is 1. The van der Waals surface area contributed by atoms with Crippen molar-refractivity contribution in [3.63, 3.8) is 0 Å². The lowest BCUT2D eigenvalue weighted by Gasteiger charge is -2.09. The maximum Gasteiger partial charge on any atom is 0.267 e. The average molecular weight is 296 g/mol. The fraction of sp³-hybridized carbons (Fsp3) is 0.0833. The zero-order valence-corrected chi connectivity index (χ0v) is 11.7. The Labute approximate surface area is 115 Å². The monoisotopic (exact) mass is 296 g/mol. The molecule has 0 atom stereocenters. The SMILES string of the molecule is CS(=O)(=O)c1ccccc1NC(=O)c1sccc1N. The van der Waals surface area contributed by atoms with Gasteiger partial charge in [0.2, 0.25) is 0 Å². The van der Waals surface area contributed by atoms with Crippen LogP contribution in [0.1, 0.15) is 9.67 Å². The molecule has 0 saturated carbocycles. The van der Waals surface area contributed by atoms with Gasteiger partial charge in [-0.2, -0.15) is 0 Å². The van der Waals surface area contributed by atoms with Gasteiger partial charge >= 0.3 is 0 Å². The first-order chi connectivity index (χ1) is 8.89. The highest BCUT2D eigenvalue weighted by Gasteiger charge is 2.17. The van der Waals surface area contributed by atoms with E-state index in [-0.39, 0.29) is 10.6 Å². The molecule has 5 nitrogen and oxygen atoms in total. The highest BCUT2D eigenvalue weighted by Crippen LogP contribution is 2.24. The number of nitrogen functional groups attached to an aromatic ring is 1. The third kappa shape index (κ3) is 2.94. The van der Waals surface area contributed by atoms with Crippen molar-refractivity contribution >= 4 is 38.5 Å². The van der Waals surface area contributed by atoms with Crippen LogP contribution in [0.15, 0.2) is 40.6 Å². The Morgan fingerprint density at radius 2 is 1.95 bits per heavy atom. The summed E-state index contributed by atoms with van der Waals surface area (Å²) in [6, 6.07) is 7.87. The minimum atomic E-state index is -3.40. The van der Waals surface area contributed by atoms with Crippen molar-refractivity contribution in [3.05, 3.63) is 40.6 Å². The molecule has 1 amide bonds. The molecule has 0 saturated heterocycles. The number of hydrogen-bond donors (Lipinski definition) is 2. The third-order valence-electron chi connectivity index (χ3n) is 2.44. The van der Waals surface area contributed by atoms with Gasteiger partial charge < -0.3 is 11.1 Å². The molecule has 19 heavy (non-hydrogen) atoms. The highest BCUT2D eigenvalue weighted by molar-refractivity contribution is 7.90. The van der Waals surface area contributed by atoms with E-state index in [9.17, 15) is 13.2 Å². The quantitative estimate of drug-likeness (QED) is 0.906. The highest BCUT2D eigenvalue weighted by atomic mass is 32.2. The van der Waals surface area contributed by atoms with Crippen molar-refractivity contribution in [2.24, 2.45) is 0 Å². The summed E-state index contributed by atoms with van der Waals surface area (Å²) in [6.07, 6.45) is 1.09. The Balaban J connectivity index is 2.35. The molecule has 0 unspecified atom stereocenters. The number of benzene rings is 1. The average Bonchev–Trinajstić information content (AvgIpc) is 2.75. The van der Waals surface area contributed by atoms with Crippen LogP contribution in [0.2, 0.25) is 0 Å². The number of para-hydroxylation sites is 1. The molecule has 0 radical (unpaired) electrons. The van der Waals surface area contributed by atoms with Crippen LogP contribution in [0.25, 0.3) is 0 Å². The molecule has 0 aliphatic carbocycles. The van der Waals surface area contributed by atoms with Crippen molar-refractivity contribution in [2.75, 3.05) is 17.3 Å². The Kier molecular flexibility index (Phi) is 3.59. The standard InChI is InChI=1S/C12H12N2O3S2/c1-19(16,17)10-5-3-2-4-9(10)14-12(15)11-8(13)6-7-18-11/h2-7H,13H2,1H3,(H,14,15). The molecule has 7 heteroatoms. The van der Waals surface area contributed by atoms with Gasteiger partial charge in [0.25, 0.3) is 5.91 Å². The van der Waals surface area contributed by atoms with Crippen LogP contribution in [0.4, 0.5) is 11.4 Å². The van der Waals surface area contributed by atoms with Gasteiger partial charge in [0.1, 0.15) is 4.88 Å². The molecule has 0 aliphatic heterocycles. The van der Waals surface area contributed by atoms with Gasteiger partial charge in [-0.3, -0.25) is 4.79 Å². The maximum absolute atomic E-state index is 12.0. The van der Waals surface area contributed by atoms with Gasteiger partial charge in [-0.15, -0.1) is 11.3 Å². The first kappa shape index (κ1) is 13.6. The summed E-state index contributed by atoms with van der Waals surface area (Å²) in [5.41, 5.74) is 6.28. The molecule has 2 aromatic rings. The third-order valence-corrected chi connectivity index (χ3v) is 4.52. The van der Waals surface area contributed by atoms with Gasteiger partial charge in [0, 0.05) is 6.26 Å². The molecule has 1 aromatic heterocycles. The van der Waals surface area contributed by atoms with Gasteiger partial charge in [-0.1, -0.05) is 12.1 Å². The number of nitrogens with one attached hydrogen (secondary N) is 1. The lowest BCUT2D eigenvalue weighted by molar-refractivity contribution is 0.103. The summed E-state index contributed by atoms with van der Waals surface area (Å²) in [6.45, 7) is 0. The van der Waals surface area contributed by atoms with Gasteiger partial charge in [-0.25, -0.2) is 8.42 Å². The molecule has 0 fully saturated rings. The molecule has 0 spiro atoms. The zero-order chi connectivity index (χ0) is 14.0. The molecular weight excluding hydrogens is 284 g/mol. The number of thiophene rings is 1. The number of rotatable bonds is 3. The second kappa shape index (κ2) is 5.02. The van der Waals surface area contributed by atoms with Gasteiger partial charge in [-0.05, 0) is 23.6 Å². The van der Waals surface area contributed by atoms with E-state index in [0.29, 0.717) is 10.6 Å². The van der Waals surface area contributed by atoms with Gasteiger partial charge in [0.05, 0.1) is 16.3 Å². The number of anilines is 2. The normalized spacial score (nSPS) is 11.2. The van der Waals surface area contributed by atoms with E-state index in [1.165, 1.54) is 23.5 Å². The molecular formula is C12H12N2O3S2. The van der Waals surface area contributed by atoms with E-state index in [2.05, 4.69) is 5.32 Å². The predicted octanol–water partition coefficient (Wildman–Crippen LogP) is 1.99.